The molecule has 0 amide bonds. The van der Waals surface area contributed by atoms with Crippen LogP contribution in [0.3, 0.4) is 0 Å². The van der Waals surface area contributed by atoms with Crippen LogP contribution in [-0.2, 0) is 19.2 Å². The van der Waals surface area contributed by atoms with Crippen molar-refractivity contribution in [3.8, 4) is 0 Å². The molecule has 0 N–H and O–H groups in total. The first-order chi connectivity index (χ1) is 10.1. The number of ketones is 4. The van der Waals surface area contributed by atoms with Gasteiger partial charge in [-0.3, -0.25) is 19.2 Å². The third-order valence-corrected chi connectivity index (χ3v) is 5.72. The Balaban J connectivity index is 1.65. The van der Waals surface area contributed by atoms with E-state index in [1.165, 1.54) is 32.1 Å². The van der Waals surface area contributed by atoms with Gasteiger partial charge >= 0.3 is 0 Å². The molecule has 3 saturated carbocycles. The molecule has 3 aliphatic carbocycles. The van der Waals surface area contributed by atoms with Crippen LogP contribution in [0.1, 0.15) is 57.8 Å². The van der Waals surface area contributed by atoms with Gasteiger partial charge in [0.25, 0.3) is 0 Å². The summed E-state index contributed by atoms with van der Waals surface area (Å²) in [5.74, 6) is -1.69. The van der Waals surface area contributed by atoms with Crippen LogP contribution in [-0.4, -0.2) is 23.1 Å². The Labute approximate surface area is 124 Å². The van der Waals surface area contributed by atoms with Crippen molar-refractivity contribution in [2.24, 2.45) is 23.7 Å². The maximum absolute atomic E-state index is 11.9. The second kappa shape index (κ2) is 5.82. The van der Waals surface area contributed by atoms with E-state index in [1.807, 2.05) is 0 Å². The van der Waals surface area contributed by atoms with Crippen LogP contribution in [0, 0.1) is 23.7 Å². The second-order valence-electron chi connectivity index (χ2n) is 7.02. The Morgan fingerprint density at radius 2 is 1.38 bits per heavy atom. The molecule has 0 spiro atoms. The van der Waals surface area contributed by atoms with E-state index in [0.29, 0.717) is 12.3 Å². The van der Waals surface area contributed by atoms with Crippen molar-refractivity contribution >= 4 is 23.1 Å². The predicted molar refractivity (Wildman–Crippen MR) is 75.5 cm³/mol. The van der Waals surface area contributed by atoms with Gasteiger partial charge < -0.3 is 0 Å². The maximum Gasteiger partial charge on any atom is 0.209 e. The lowest BCUT2D eigenvalue weighted by Gasteiger charge is -2.40. The van der Waals surface area contributed by atoms with Crippen molar-refractivity contribution in [2.75, 3.05) is 0 Å². The van der Waals surface area contributed by atoms with Gasteiger partial charge in [-0.2, -0.15) is 0 Å². The van der Waals surface area contributed by atoms with Crippen LogP contribution in [0.5, 0.6) is 0 Å². The number of Topliss-reactive ketones (excluding diaryl/α,β-unsaturated/α-hetero) is 4. The zero-order valence-electron chi connectivity index (χ0n) is 12.3. The molecule has 3 rings (SSSR count). The summed E-state index contributed by atoms with van der Waals surface area (Å²) in [7, 11) is 0. The molecule has 0 aromatic heterocycles. The second-order valence-corrected chi connectivity index (χ2v) is 7.02. The summed E-state index contributed by atoms with van der Waals surface area (Å²) < 4.78 is 0. The number of hydrogen-bond acceptors (Lipinski definition) is 4. The predicted octanol–water partition coefficient (Wildman–Crippen LogP) is 2.28. The van der Waals surface area contributed by atoms with Crippen LogP contribution in [0.25, 0.3) is 0 Å². The Morgan fingerprint density at radius 3 is 2.05 bits per heavy atom. The van der Waals surface area contributed by atoms with Crippen molar-refractivity contribution in [2.45, 2.75) is 57.8 Å². The van der Waals surface area contributed by atoms with E-state index < -0.39 is 35.5 Å². The lowest BCUT2D eigenvalue weighted by atomic mass is 9.65. The van der Waals surface area contributed by atoms with Crippen LogP contribution in [0.4, 0.5) is 0 Å². The third kappa shape index (κ3) is 2.85. The highest BCUT2D eigenvalue weighted by atomic mass is 16.2. The van der Waals surface area contributed by atoms with E-state index >= 15 is 0 Å². The molecule has 114 valence electrons. The quantitative estimate of drug-likeness (QED) is 0.578. The first-order valence-corrected chi connectivity index (χ1v) is 8.20. The lowest BCUT2D eigenvalue weighted by molar-refractivity contribution is -0.152. The third-order valence-electron chi connectivity index (χ3n) is 5.72. The molecule has 3 atom stereocenters. The molecule has 3 unspecified atom stereocenters. The number of hydrogen-bond donors (Lipinski definition) is 0. The average molecular weight is 290 g/mol. The highest BCUT2D eigenvalue weighted by Gasteiger charge is 2.43. The van der Waals surface area contributed by atoms with Gasteiger partial charge in [-0.15, -0.1) is 0 Å². The fraction of sp³-hybridized carbons (Fsp3) is 0.765. The summed E-state index contributed by atoms with van der Waals surface area (Å²) >= 11 is 0. The molecule has 0 heterocycles. The van der Waals surface area contributed by atoms with Crippen LogP contribution in [0.15, 0.2) is 0 Å². The highest BCUT2D eigenvalue weighted by Crippen LogP contribution is 2.44. The van der Waals surface area contributed by atoms with Crippen molar-refractivity contribution in [1.29, 1.82) is 0 Å². The Kier molecular flexibility index (Phi) is 4.05. The minimum Gasteiger partial charge on any atom is -0.290 e. The zero-order chi connectivity index (χ0) is 15.0. The largest absolute Gasteiger partial charge is 0.290 e. The fourth-order valence-electron chi connectivity index (χ4n) is 4.56. The average Bonchev–Trinajstić information content (AvgIpc) is 2.49. The standard InChI is InChI=1S/C17H22O4/c18-14-9-15(19)17(21)13(16(14)20)8-10-5-6-11-3-1-2-4-12(11)7-10/h10-13H,1-9H2. The normalized spacial score (nSPS) is 35.0. The molecule has 3 aliphatic rings. The Bertz CT molecular complexity index is 467. The minimum absolute atomic E-state index is 0.320. The van der Waals surface area contributed by atoms with E-state index in [0.717, 1.165) is 24.7 Å². The number of carbonyl (C=O) groups excluding carboxylic acids is 4. The van der Waals surface area contributed by atoms with Crippen molar-refractivity contribution in [3.63, 3.8) is 0 Å². The van der Waals surface area contributed by atoms with Gasteiger partial charge in [-0.25, -0.2) is 0 Å². The molecular formula is C17H22O4. The highest BCUT2D eigenvalue weighted by molar-refractivity contribution is 6.59. The monoisotopic (exact) mass is 290 g/mol. The van der Waals surface area contributed by atoms with E-state index in [4.69, 9.17) is 0 Å². The van der Waals surface area contributed by atoms with Gasteiger partial charge in [0, 0.05) is 0 Å². The topological polar surface area (TPSA) is 68.3 Å². The van der Waals surface area contributed by atoms with E-state index in [9.17, 15) is 19.2 Å². The Morgan fingerprint density at radius 1 is 0.762 bits per heavy atom. The molecule has 0 aliphatic heterocycles. The summed E-state index contributed by atoms with van der Waals surface area (Å²) in [6, 6.07) is 0. The maximum atomic E-state index is 11.9. The summed E-state index contributed by atoms with van der Waals surface area (Å²) in [5, 5.41) is 0. The van der Waals surface area contributed by atoms with Gasteiger partial charge in [0.1, 0.15) is 0 Å². The van der Waals surface area contributed by atoms with Crippen LogP contribution >= 0.6 is 0 Å². The molecule has 0 aromatic rings. The first kappa shape index (κ1) is 14.6. The summed E-state index contributed by atoms with van der Waals surface area (Å²) in [4.78, 5) is 46.8. The van der Waals surface area contributed by atoms with Crippen LogP contribution in [0.2, 0.25) is 0 Å². The van der Waals surface area contributed by atoms with Crippen molar-refractivity contribution in [1.82, 2.24) is 0 Å². The van der Waals surface area contributed by atoms with Gasteiger partial charge in [0.05, 0.1) is 12.3 Å². The summed E-state index contributed by atoms with van der Waals surface area (Å²) in [6.07, 6.45) is 8.35. The van der Waals surface area contributed by atoms with E-state index in [-0.39, 0.29) is 0 Å². The number of fused-ring (bicyclic) bond motifs is 1. The van der Waals surface area contributed by atoms with E-state index in [1.54, 1.807) is 0 Å². The van der Waals surface area contributed by atoms with Crippen LogP contribution < -0.4 is 0 Å². The number of rotatable bonds is 2. The van der Waals surface area contributed by atoms with Gasteiger partial charge in [0.2, 0.25) is 23.1 Å². The van der Waals surface area contributed by atoms with Gasteiger partial charge in [-0.05, 0) is 37.0 Å². The number of carbonyl (C=O) groups is 4. The Hall–Kier alpha value is -1.32. The minimum atomic E-state index is -0.969. The van der Waals surface area contributed by atoms with Crippen molar-refractivity contribution < 1.29 is 19.2 Å². The van der Waals surface area contributed by atoms with Crippen molar-refractivity contribution in [3.05, 3.63) is 0 Å². The molecule has 0 bridgehead atoms. The van der Waals surface area contributed by atoms with Gasteiger partial charge in [-0.1, -0.05) is 32.1 Å². The molecule has 4 nitrogen and oxygen atoms in total. The molecule has 21 heavy (non-hydrogen) atoms. The molecule has 3 fully saturated rings. The van der Waals surface area contributed by atoms with E-state index in [2.05, 4.69) is 0 Å². The SMILES string of the molecule is O=C1CC(=O)C(=O)C(CC2CCC3CCCCC3C2)C1=O. The smallest absolute Gasteiger partial charge is 0.209 e. The molecule has 0 aromatic carbocycles. The molecular weight excluding hydrogens is 268 g/mol. The first-order valence-electron chi connectivity index (χ1n) is 8.20. The lowest BCUT2D eigenvalue weighted by Crippen LogP contribution is -2.43. The molecule has 0 radical (unpaired) electrons. The summed E-state index contributed by atoms with van der Waals surface area (Å²) in [5.41, 5.74) is 0. The molecule has 4 heteroatoms. The fourth-order valence-corrected chi connectivity index (χ4v) is 4.56. The molecule has 0 saturated heterocycles. The van der Waals surface area contributed by atoms with Gasteiger partial charge in [0.15, 0.2) is 0 Å². The summed E-state index contributed by atoms with van der Waals surface area (Å²) in [6.45, 7) is 0. The zero-order valence-corrected chi connectivity index (χ0v) is 12.3.